The first-order valence-corrected chi connectivity index (χ1v) is 7.41. The molecule has 0 spiro atoms. The van der Waals surface area contributed by atoms with E-state index in [2.05, 4.69) is 18.2 Å². The molecule has 0 aromatic heterocycles. The van der Waals surface area contributed by atoms with Gasteiger partial charge in [-0.15, -0.1) is 11.8 Å². The molecule has 0 bridgehead atoms. The molecule has 4 nitrogen and oxygen atoms in total. The van der Waals surface area contributed by atoms with E-state index in [0.717, 1.165) is 11.8 Å². The quantitative estimate of drug-likeness (QED) is 0.548. The van der Waals surface area contributed by atoms with E-state index in [1.165, 1.54) is 4.38 Å². The van der Waals surface area contributed by atoms with E-state index in [1.807, 2.05) is 11.8 Å². The van der Waals surface area contributed by atoms with Gasteiger partial charge in [-0.25, -0.2) is 0 Å². The summed E-state index contributed by atoms with van der Waals surface area (Å²) in [6.45, 7) is 3.22. The van der Waals surface area contributed by atoms with Crippen LogP contribution in [0, 0.1) is 0 Å². The van der Waals surface area contributed by atoms with E-state index < -0.39 is 15.6 Å². The first kappa shape index (κ1) is 16.1. The molecule has 0 fully saturated rings. The second kappa shape index (κ2) is 6.12. The molecular weight excluding hydrogens is 287 g/mol. The Morgan fingerprint density at radius 2 is 2.00 bits per heavy atom. The number of alkyl halides is 3. The molecule has 1 heterocycles. The second-order valence-corrected chi connectivity index (χ2v) is 6.55. The van der Waals surface area contributed by atoms with E-state index in [4.69, 9.17) is 13.0 Å². The van der Waals surface area contributed by atoms with Crippen LogP contribution in [-0.4, -0.2) is 40.9 Å². The van der Waals surface area contributed by atoms with Crippen molar-refractivity contribution >= 4 is 38.0 Å². The van der Waals surface area contributed by atoms with Gasteiger partial charge in [-0.2, -0.15) is 21.6 Å². The fraction of sp³-hybridized carbons (Fsp3) is 0.833. The SMILES string of the molecule is CSC1=NC[C@@H](C)S1.O=S(=O)(O)C(F)(F)F. The molecule has 0 radical (unpaired) electrons. The summed E-state index contributed by atoms with van der Waals surface area (Å²) in [6.07, 6.45) is 2.07. The van der Waals surface area contributed by atoms with Crippen LogP contribution in [0.5, 0.6) is 0 Å². The Kier molecular flexibility index (Phi) is 6.15. The summed E-state index contributed by atoms with van der Waals surface area (Å²) < 4.78 is 58.8. The molecule has 0 amide bonds. The summed E-state index contributed by atoms with van der Waals surface area (Å²) in [5, 5.41) is 0.720. The van der Waals surface area contributed by atoms with Crippen molar-refractivity contribution in [1.82, 2.24) is 0 Å². The van der Waals surface area contributed by atoms with Crippen molar-refractivity contribution in [2.75, 3.05) is 12.8 Å². The zero-order chi connectivity index (χ0) is 13.0. The van der Waals surface area contributed by atoms with Gasteiger partial charge in [0.25, 0.3) is 0 Å². The Balaban J connectivity index is 0.000000281. The first-order chi connectivity index (χ1) is 7.08. The van der Waals surface area contributed by atoms with Crippen molar-refractivity contribution in [3.05, 3.63) is 0 Å². The monoisotopic (exact) mass is 297 g/mol. The molecule has 1 aliphatic rings. The van der Waals surface area contributed by atoms with Gasteiger partial charge in [0.15, 0.2) is 0 Å². The molecule has 1 rings (SSSR count). The molecule has 0 saturated carbocycles. The average Bonchev–Trinajstić information content (AvgIpc) is 2.48. The Labute approximate surface area is 99.8 Å². The molecule has 1 N–H and O–H groups in total. The summed E-state index contributed by atoms with van der Waals surface area (Å²) in [7, 11) is -5.84. The summed E-state index contributed by atoms with van der Waals surface area (Å²) in [5.74, 6) is 0. The zero-order valence-corrected chi connectivity index (χ0v) is 10.8. The minimum Gasteiger partial charge on any atom is -0.279 e. The highest BCUT2D eigenvalue weighted by molar-refractivity contribution is 8.39. The molecule has 1 atom stereocenters. The number of hydrogen-bond acceptors (Lipinski definition) is 5. The van der Waals surface area contributed by atoms with Gasteiger partial charge in [-0.05, 0) is 6.26 Å². The average molecular weight is 297 g/mol. The van der Waals surface area contributed by atoms with Crippen molar-refractivity contribution in [2.24, 2.45) is 4.99 Å². The largest absolute Gasteiger partial charge is 0.522 e. The molecule has 0 unspecified atom stereocenters. The number of nitrogens with zero attached hydrogens (tertiary/aromatic N) is 1. The lowest BCUT2D eigenvalue weighted by molar-refractivity contribution is -0.0510. The van der Waals surface area contributed by atoms with E-state index in [9.17, 15) is 13.2 Å². The normalized spacial score (nSPS) is 21.1. The van der Waals surface area contributed by atoms with Crippen molar-refractivity contribution in [1.29, 1.82) is 0 Å². The highest BCUT2D eigenvalue weighted by Gasteiger charge is 2.44. The number of thioether (sulfide) groups is 2. The Morgan fingerprint density at radius 3 is 2.12 bits per heavy atom. The number of halogens is 3. The predicted molar refractivity (Wildman–Crippen MR) is 60.5 cm³/mol. The van der Waals surface area contributed by atoms with Crippen molar-refractivity contribution in [2.45, 2.75) is 17.7 Å². The van der Waals surface area contributed by atoms with Crippen LogP contribution in [-0.2, 0) is 10.1 Å². The summed E-state index contributed by atoms with van der Waals surface area (Å²) in [5.41, 5.74) is -5.53. The molecule has 0 saturated heterocycles. The van der Waals surface area contributed by atoms with Crippen molar-refractivity contribution in [3.8, 4) is 0 Å². The molecule has 0 aromatic rings. The maximum atomic E-state index is 10.7. The lowest BCUT2D eigenvalue weighted by atomic mass is 10.5. The number of rotatable bonds is 0. The Hall–Kier alpha value is 0.0700. The van der Waals surface area contributed by atoms with Crippen LogP contribution in [0.2, 0.25) is 0 Å². The third-order valence-electron chi connectivity index (χ3n) is 1.25. The van der Waals surface area contributed by atoms with Crippen molar-refractivity contribution in [3.63, 3.8) is 0 Å². The van der Waals surface area contributed by atoms with E-state index >= 15 is 0 Å². The van der Waals surface area contributed by atoms with Gasteiger partial charge in [-0.1, -0.05) is 18.7 Å². The number of aliphatic imine (C=N–C) groups is 1. The van der Waals surface area contributed by atoms with Gasteiger partial charge in [0, 0.05) is 5.25 Å². The van der Waals surface area contributed by atoms with Crippen LogP contribution in [0.3, 0.4) is 0 Å². The highest BCUT2D eigenvalue weighted by atomic mass is 32.2. The summed E-state index contributed by atoms with van der Waals surface area (Å²) >= 11 is 3.63. The fourth-order valence-electron chi connectivity index (χ4n) is 0.562. The number of hydrogen-bond donors (Lipinski definition) is 1. The highest BCUT2D eigenvalue weighted by Crippen LogP contribution is 2.25. The van der Waals surface area contributed by atoms with E-state index in [-0.39, 0.29) is 0 Å². The molecule has 96 valence electrons. The van der Waals surface area contributed by atoms with Crippen LogP contribution >= 0.6 is 23.5 Å². The van der Waals surface area contributed by atoms with Crippen LogP contribution < -0.4 is 0 Å². The van der Waals surface area contributed by atoms with Gasteiger partial charge in [0.2, 0.25) is 0 Å². The minimum atomic E-state index is -5.84. The third kappa shape index (κ3) is 5.97. The maximum absolute atomic E-state index is 10.7. The van der Waals surface area contributed by atoms with Gasteiger partial charge >= 0.3 is 15.6 Å². The lowest BCUT2D eigenvalue weighted by Crippen LogP contribution is -2.21. The van der Waals surface area contributed by atoms with Gasteiger partial charge in [0.1, 0.15) is 4.38 Å². The van der Waals surface area contributed by atoms with Gasteiger partial charge in [0.05, 0.1) is 6.54 Å². The topological polar surface area (TPSA) is 66.7 Å². The lowest BCUT2D eigenvalue weighted by Gasteiger charge is -1.97. The molecular formula is C6H10F3NO3S3. The standard InChI is InChI=1S/C5H9NS2.CHF3O3S/c1-4-3-6-5(7-2)8-4;2-1(3,4)8(5,6)7/h4H,3H2,1-2H3;(H,5,6,7)/t4-;/m1./s1. The van der Waals surface area contributed by atoms with Crippen LogP contribution in [0.25, 0.3) is 0 Å². The molecule has 10 heteroatoms. The van der Waals surface area contributed by atoms with Crippen LogP contribution in [0.15, 0.2) is 4.99 Å². The Bertz CT molecular complexity index is 352. The van der Waals surface area contributed by atoms with E-state index in [1.54, 1.807) is 11.8 Å². The van der Waals surface area contributed by atoms with Crippen LogP contribution in [0.4, 0.5) is 13.2 Å². The summed E-state index contributed by atoms with van der Waals surface area (Å²) in [6, 6.07) is 0. The maximum Gasteiger partial charge on any atom is 0.522 e. The first-order valence-electron chi connectivity index (χ1n) is 3.86. The van der Waals surface area contributed by atoms with Crippen molar-refractivity contribution < 1.29 is 26.1 Å². The second-order valence-electron chi connectivity index (χ2n) is 2.66. The smallest absolute Gasteiger partial charge is 0.279 e. The van der Waals surface area contributed by atoms with E-state index in [0.29, 0.717) is 0 Å². The Morgan fingerprint density at radius 1 is 1.56 bits per heavy atom. The molecule has 0 aromatic carbocycles. The zero-order valence-electron chi connectivity index (χ0n) is 8.35. The molecule has 1 aliphatic heterocycles. The fourth-order valence-corrected chi connectivity index (χ4v) is 2.29. The molecule has 16 heavy (non-hydrogen) atoms. The summed E-state index contributed by atoms with van der Waals surface area (Å²) in [4.78, 5) is 4.28. The van der Waals surface area contributed by atoms with Gasteiger partial charge in [-0.3, -0.25) is 9.55 Å². The molecule has 0 aliphatic carbocycles. The van der Waals surface area contributed by atoms with Crippen LogP contribution in [0.1, 0.15) is 6.92 Å². The minimum absolute atomic E-state index is 0.720. The predicted octanol–water partition coefficient (Wildman–Crippen LogP) is 2.23. The van der Waals surface area contributed by atoms with Gasteiger partial charge < -0.3 is 0 Å². The third-order valence-corrected chi connectivity index (χ3v) is 3.98.